The SMILES string of the molecule is O=CSCc1ccccc1. The van der Waals surface area contributed by atoms with Crippen LogP contribution in [0, 0.1) is 0 Å². The van der Waals surface area contributed by atoms with Crippen LogP contribution in [0.15, 0.2) is 30.3 Å². The van der Waals surface area contributed by atoms with E-state index in [1.54, 1.807) is 0 Å². The van der Waals surface area contributed by atoms with E-state index in [-0.39, 0.29) is 0 Å². The smallest absolute Gasteiger partial charge is 0.176 e. The van der Waals surface area contributed by atoms with E-state index in [9.17, 15) is 4.79 Å². The molecule has 0 fully saturated rings. The maximum absolute atomic E-state index is 9.94. The summed E-state index contributed by atoms with van der Waals surface area (Å²) < 4.78 is 0. The highest BCUT2D eigenvalue weighted by Gasteiger charge is 1.87. The van der Waals surface area contributed by atoms with E-state index in [1.165, 1.54) is 17.3 Å². The van der Waals surface area contributed by atoms with Crippen molar-refractivity contribution in [2.45, 2.75) is 5.75 Å². The third-order valence-corrected chi connectivity index (χ3v) is 1.80. The molecule has 0 radical (unpaired) electrons. The van der Waals surface area contributed by atoms with Crippen LogP contribution in [-0.2, 0) is 10.5 Å². The fraction of sp³-hybridized carbons (Fsp3) is 0.125. The van der Waals surface area contributed by atoms with Crippen molar-refractivity contribution in [2.24, 2.45) is 0 Å². The van der Waals surface area contributed by atoms with Gasteiger partial charge in [-0.3, -0.25) is 4.79 Å². The Labute approximate surface area is 64.4 Å². The molecule has 0 saturated heterocycles. The summed E-state index contributed by atoms with van der Waals surface area (Å²) in [5.41, 5.74) is 2.06. The quantitative estimate of drug-likeness (QED) is 0.617. The largest absolute Gasteiger partial charge is 0.291 e. The second-order valence-corrected chi connectivity index (χ2v) is 2.71. The van der Waals surface area contributed by atoms with Crippen molar-refractivity contribution in [2.75, 3.05) is 0 Å². The highest BCUT2D eigenvalue weighted by molar-refractivity contribution is 8.11. The van der Waals surface area contributed by atoms with E-state index in [0.29, 0.717) is 0 Å². The lowest BCUT2D eigenvalue weighted by Gasteiger charge is -1.93. The van der Waals surface area contributed by atoms with E-state index in [0.717, 1.165) is 11.4 Å². The minimum absolute atomic E-state index is 0.782. The number of thioether (sulfide) groups is 1. The van der Waals surface area contributed by atoms with E-state index in [2.05, 4.69) is 0 Å². The normalized spacial score (nSPS) is 9.20. The van der Waals surface area contributed by atoms with Gasteiger partial charge in [-0.25, -0.2) is 0 Å². The fourth-order valence-corrected chi connectivity index (χ4v) is 1.16. The van der Waals surface area contributed by atoms with Crippen LogP contribution in [0.3, 0.4) is 0 Å². The maximum atomic E-state index is 9.94. The summed E-state index contributed by atoms with van der Waals surface area (Å²) in [7, 11) is 0. The van der Waals surface area contributed by atoms with Crippen LogP contribution in [0.1, 0.15) is 5.56 Å². The Bertz CT molecular complexity index is 196. The van der Waals surface area contributed by atoms with Gasteiger partial charge in [0.25, 0.3) is 0 Å². The maximum Gasteiger partial charge on any atom is 0.176 e. The van der Waals surface area contributed by atoms with Crippen molar-refractivity contribution in [3.05, 3.63) is 35.9 Å². The van der Waals surface area contributed by atoms with Gasteiger partial charge < -0.3 is 0 Å². The van der Waals surface area contributed by atoms with Crippen LogP contribution in [-0.4, -0.2) is 5.62 Å². The van der Waals surface area contributed by atoms with Gasteiger partial charge in [0.15, 0.2) is 5.62 Å². The third kappa shape index (κ3) is 2.23. The fourth-order valence-electron chi connectivity index (χ4n) is 0.704. The Morgan fingerprint density at radius 2 is 2.00 bits per heavy atom. The number of rotatable bonds is 3. The Hall–Kier alpha value is -0.760. The zero-order valence-electron chi connectivity index (χ0n) is 5.49. The molecule has 0 heterocycles. The summed E-state index contributed by atoms with van der Waals surface area (Å²) in [4.78, 5) is 9.94. The molecule has 1 aromatic carbocycles. The molecule has 0 unspecified atom stereocenters. The van der Waals surface area contributed by atoms with E-state index in [1.807, 2.05) is 30.3 Å². The molecule has 0 spiro atoms. The van der Waals surface area contributed by atoms with Crippen molar-refractivity contribution in [3.8, 4) is 0 Å². The van der Waals surface area contributed by atoms with Gasteiger partial charge in [0.05, 0.1) is 0 Å². The summed E-state index contributed by atoms with van der Waals surface area (Å²) in [5, 5.41) is 0. The summed E-state index contributed by atoms with van der Waals surface area (Å²) in [6.07, 6.45) is 0. The van der Waals surface area contributed by atoms with Crippen molar-refractivity contribution in [1.29, 1.82) is 0 Å². The van der Waals surface area contributed by atoms with Gasteiger partial charge in [0.2, 0.25) is 0 Å². The zero-order valence-corrected chi connectivity index (χ0v) is 6.30. The molecule has 1 rings (SSSR count). The first-order chi connectivity index (χ1) is 4.93. The number of benzene rings is 1. The first-order valence-corrected chi connectivity index (χ1v) is 4.07. The first-order valence-electron chi connectivity index (χ1n) is 3.02. The van der Waals surface area contributed by atoms with E-state index in [4.69, 9.17) is 0 Å². The van der Waals surface area contributed by atoms with Crippen molar-refractivity contribution >= 4 is 17.4 Å². The highest BCUT2D eigenvalue weighted by Crippen LogP contribution is 2.07. The van der Waals surface area contributed by atoms with Gasteiger partial charge in [-0.15, -0.1) is 0 Å². The average molecular weight is 152 g/mol. The van der Waals surface area contributed by atoms with Crippen LogP contribution < -0.4 is 0 Å². The number of hydrogen-bond donors (Lipinski definition) is 0. The molecule has 0 amide bonds. The van der Waals surface area contributed by atoms with Gasteiger partial charge in [0, 0.05) is 5.75 Å². The molecule has 52 valence electrons. The second-order valence-electron chi connectivity index (χ2n) is 1.89. The lowest BCUT2D eigenvalue weighted by molar-refractivity contribution is 0.570. The molecular weight excluding hydrogens is 144 g/mol. The molecule has 1 aromatic rings. The minimum atomic E-state index is 0.782. The molecule has 0 aliphatic carbocycles. The van der Waals surface area contributed by atoms with Crippen LogP contribution in [0.2, 0.25) is 0 Å². The molecule has 10 heavy (non-hydrogen) atoms. The molecular formula is C8H8OS. The topological polar surface area (TPSA) is 17.1 Å². The standard InChI is InChI=1S/C8H8OS/c9-7-10-6-8-4-2-1-3-5-8/h1-5,7H,6H2. The monoisotopic (exact) mass is 152 g/mol. The third-order valence-electron chi connectivity index (χ3n) is 1.16. The van der Waals surface area contributed by atoms with E-state index < -0.39 is 0 Å². The van der Waals surface area contributed by atoms with Crippen LogP contribution in [0.5, 0.6) is 0 Å². The van der Waals surface area contributed by atoms with Gasteiger partial charge >= 0.3 is 0 Å². The summed E-state index contributed by atoms with van der Waals surface area (Å²) >= 11 is 1.28. The highest BCUT2D eigenvalue weighted by atomic mass is 32.2. The first kappa shape index (κ1) is 7.35. The lowest BCUT2D eigenvalue weighted by atomic mass is 10.2. The Morgan fingerprint density at radius 1 is 1.30 bits per heavy atom. The molecule has 0 atom stereocenters. The molecule has 2 heteroatoms. The summed E-state index contributed by atoms with van der Waals surface area (Å²) in [6, 6.07) is 9.93. The molecule has 0 aliphatic heterocycles. The zero-order chi connectivity index (χ0) is 7.23. The Balaban J connectivity index is 2.50. The summed E-state index contributed by atoms with van der Waals surface area (Å²) in [5.74, 6) is 0.782. The van der Waals surface area contributed by atoms with Crippen LogP contribution >= 0.6 is 11.8 Å². The number of carbonyl (C=O) groups is 1. The second kappa shape index (κ2) is 4.12. The number of carbonyl (C=O) groups excluding carboxylic acids is 1. The molecule has 0 saturated carbocycles. The Morgan fingerprint density at radius 3 is 2.60 bits per heavy atom. The summed E-state index contributed by atoms with van der Waals surface area (Å²) in [6.45, 7) is 0. The van der Waals surface area contributed by atoms with Crippen molar-refractivity contribution in [3.63, 3.8) is 0 Å². The Kier molecular flexibility index (Phi) is 3.03. The minimum Gasteiger partial charge on any atom is -0.291 e. The lowest BCUT2D eigenvalue weighted by Crippen LogP contribution is -1.76. The van der Waals surface area contributed by atoms with Crippen LogP contribution in [0.4, 0.5) is 0 Å². The van der Waals surface area contributed by atoms with Crippen LogP contribution in [0.25, 0.3) is 0 Å². The average Bonchev–Trinajstić information content (AvgIpc) is 2.03. The molecule has 1 nitrogen and oxygen atoms in total. The van der Waals surface area contributed by atoms with Gasteiger partial charge in [-0.1, -0.05) is 42.1 Å². The van der Waals surface area contributed by atoms with Gasteiger partial charge in [-0.05, 0) is 5.56 Å². The van der Waals surface area contributed by atoms with Crippen molar-refractivity contribution in [1.82, 2.24) is 0 Å². The van der Waals surface area contributed by atoms with Crippen molar-refractivity contribution < 1.29 is 4.79 Å². The van der Waals surface area contributed by atoms with Gasteiger partial charge in [-0.2, -0.15) is 0 Å². The molecule has 0 bridgehead atoms. The molecule has 0 aromatic heterocycles. The molecule has 0 aliphatic rings. The number of hydrogen-bond acceptors (Lipinski definition) is 2. The van der Waals surface area contributed by atoms with Gasteiger partial charge in [0.1, 0.15) is 0 Å². The van der Waals surface area contributed by atoms with E-state index >= 15 is 0 Å². The molecule has 0 N–H and O–H groups in total. The predicted molar refractivity (Wildman–Crippen MR) is 44.5 cm³/mol. The predicted octanol–water partition coefficient (Wildman–Crippen LogP) is 2.11.